The van der Waals surface area contributed by atoms with Gasteiger partial charge in [0.1, 0.15) is 5.75 Å². The molecule has 2 aromatic rings. The minimum absolute atomic E-state index is 0.105. The van der Waals surface area contributed by atoms with Crippen molar-refractivity contribution in [2.75, 3.05) is 31.3 Å². The van der Waals surface area contributed by atoms with Gasteiger partial charge in [-0.1, -0.05) is 24.6 Å². The average Bonchev–Trinajstić information content (AvgIpc) is 3.05. The molecule has 2 aliphatic heterocycles. The molecular weight excluding hydrogens is 378 g/mol. The van der Waals surface area contributed by atoms with Gasteiger partial charge in [0.05, 0.1) is 30.8 Å². The standard InChI is InChI=1S/C22H24ClNO4/c1-2-22(12-27-13-22)14-28-20-7-6-16(23)10-15(20)11-24-9-8-17-18(21(25)26)4-3-5-19(17)24/h3-7,10H,2,8-9,11-14H2,1H3,(H,25,26). The smallest absolute Gasteiger partial charge is 0.336 e. The number of carboxylic acid groups (broad SMARTS) is 1. The van der Waals surface area contributed by atoms with Crippen LogP contribution in [0.1, 0.15) is 34.8 Å². The Morgan fingerprint density at radius 1 is 1.32 bits per heavy atom. The summed E-state index contributed by atoms with van der Waals surface area (Å²) >= 11 is 6.25. The number of ether oxygens (including phenoxy) is 2. The monoisotopic (exact) mass is 401 g/mol. The second-order valence-electron chi connectivity index (χ2n) is 7.67. The number of aromatic carboxylic acids is 1. The summed E-state index contributed by atoms with van der Waals surface area (Å²) in [7, 11) is 0. The highest BCUT2D eigenvalue weighted by molar-refractivity contribution is 6.30. The highest BCUT2D eigenvalue weighted by Crippen LogP contribution is 2.36. The first kappa shape index (κ1) is 19.1. The van der Waals surface area contributed by atoms with E-state index in [1.807, 2.05) is 24.3 Å². The van der Waals surface area contributed by atoms with E-state index in [9.17, 15) is 9.90 Å². The van der Waals surface area contributed by atoms with E-state index >= 15 is 0 Å². The number of carboxylic acids is 1. The van der Waals surface area contributed by atoms with E-state index in [-0.39, 0.29) is 5.41 Å². The quantitative estimate of drug-likeness (QED) is 0.744. The van der Waals surface area contributed by atoms with Gasteiger partial charge in [0.2, 0.25) is 0 Å². The van der Waals surface area contributed by atoms with Crippen LogP contribution in [0.3, 0.4) is 0 Å². The third kappa shape index (κ3) is 3.56. The van der Waals surface area contributed by atoms with Gasteiger partial charge in [-0.2, -0.15) is 0 Å². The first-order valence-electron chi connectivity index (χ1n) is 9.60. The molecule has 28 heavy (non-hydrogen) atoms. The molecule has 148 valence electrons. The van der Waals surface area contributed by atoms with Gasteiger partial charge in [-0.05, 0) is 48.7 Å². The summed E-state index contributed by atoms with van der Waals surface area (Å²) in [5.74, 6) is -0.0509. The van der Waals surface area contributed by atoms with Crippen molar-refractivity contribution < 1.29 is 19.4 Å². The largest absolute Gasteiger partial charge is 0.492 e. The predicted octanol–water partition coefficient (Wildman–Crippen LogP) is 4.41. The van der Waals surface area contributed by atoms with Crippen molar-refractivity contribution in [2.45, 2.75) is 26.3 Å². The zero-order chi connectivity index (χ0) is 19.7. The number of anilines is 1. The minimum Gasteiger partial charge on any atom is -0.492 e. The molecule has 1 fully saturated rings. The van der Waals surface area contributed by atoms with Gasteiger partial charge in [-0.3, -0.25) is 0 Å². The van der Waals surface area contributed by atoms with Crippen molar-refractivity contribution in [1.29, 1.82) is 0 Å². The van der Waals surface area contributed by atoms with Crippen LogP contribution in [0, 0.1) is 5.41 Å². The van der Waals surface area contributed by atoms with Crippen LogP contribution in [-0.4, -0.2) is 37.4 Å². The Morgan fingerprint density at radius 3 is 2.82 bits per heavy atom. The summed E-state index contributed by atoms with van der Waals surface area (Å²) in [6, 6.07) is 11.2. The number of rotatable bonds is 7. The van der Waals surface area contributed by atoms with Crippen LogP contribution < -0.4 is 9.64 Å². The summed E-state index contributed by atoms with van der Waals surface area (Å²) in [6.07, 6.45) is 1.75. The summed E-state index contributed by atoms with van der Waals surface area (Å²) in [4.78, 5) is 13.7. The molecule has 5 nitrogen and oxygen atoms in total. The Kier molecular flexibility index (Phi) is 5.21. The molecule has 0 amide bonds. The van der Waals surface area contributed by atoms with E-state index in [0.717, 1.165) is 55.2 Å². The molecule has 0 aromatic heterocycles. The van der Waals surface area contributed by atoms with E-state index in [1.165, 1.54) is 0 Å². The third-order valence-corrected chi connectivity index (χ3v) is 6.07. The SMILES string of the molecule is CCC1(COc2ccc(Cl)cc2CN2CCc3c(C(=O)O)cccc32)COC1. The normalized spacial score (nSPS) is 17.1. The molecule has 6 heteroatoms. The number of halogens is 1. The fraction of sp³-hybridized carbons (Fsp3) is 0.409. The molecule has 1 saturated heterocycles. The number of hydrogen-bond donors (Lipinski definition) is 1. The van der Waals surface area contributed by atoms with Gasteiger partial charge < -0.3 is 19.5 Å². The van der Waals surface area contributed by atoms with E-state index in [0.29, 0.717) is 23.7 Å². The molecule has 2 aromatic carbocycles. The maximum atomic E-state index is 11.5. The highest BCUT2D eigenvalue weighted by Gasteiger charge is 2.38. The number of fused-ring (bicyclic) bond motifs is 1. The Labute approximate surface area is 169 Å². The molecule has 2 aliphatic rings. The molecule has 0 saturated carbocycles. The predicted molar refractivity (Wildman–Crippen MR) is 109 cm³/mol. The Balaban J connectivity index is 1.55. The number of benzene rings is 2. The lowest BCUT2D eigenvalue weighted by Crippen LogP contribution is -2.46. The van der Waals surface area contributed by atoms with Crippen LogP contribution in [-0.2, 0) is 17.7 Å². The fourth-order valence-corrected chi connectivity index (χ4v) is 4.09. The molecule has 1 N–H and O–H groups in total. The first-order valence-corrected chi connectivity index (χ1v) is 9.98. The zero-order valence-corrected chi connectivity index (χ0v) is 16.7. The first-order chi connectivity index (χ1) is 13.5. The number of hydrogen-bond acceptors (Lipinski definition) is 4. The van der Waals surface area contributed by atoms with Crippen molar-refractivity contribution in [3.05, 3.63) is 58.1 Å². The number of nitrogens with zero attached hydrogens (tertiary/aromatic N) is 1. The van der Waals surface area contributed by atoms with Gasteiger partial charge in [0.25, 0.3) is 0 Å². The summed E-state index contributed by atoms with van der Waals surface area (Å²) < 4.78 is 11.6. The van der Waals surface area contributed by atoms with Crippen LogP contribution >= 0.6 is 11.6 Å². The van der Waals surface area contributed by atoms with Crippen molar-refractivity contribution in [2.24, 2.45) is 5.41 Å². The minimum atomic E-state index is -0.877. The lowest BCUT2D eigenvalue weighted by atomic mass is 9.84. The van der Waals surface area contributed by atoms with Crippen LogP contribution in [0.2, 0.25) is 5.02 Å². The van der Waals surface area contributed by atoms with Gasteiger partial charge >= 0.3 is 5.97 Å². The van der Waals surface area contributed by atoms with Crippen molar-refractivity contribution in [1.82, 2.24) is 0 Å². The lowest BCUT2D eigenvalue weighted by molar-refractivity contribution is -0.133. The highest BCUT2D eigenvalue weighted by atomic mass is 35.5. The molecule has 0 radical (unpaired) electrons. The topological polar surface area (TPSA) is 59.0 Å². The summed E-state index contributed by atoms with van der Waals surface area (Å²) in [5.41, 5.74) is 3.37. The van der Waals surface area contributed by atoms with Crippen LogP contribution in [0.25, 0.3) is 0 Å². The van der Waals surface area contributed by atoms with Crippen molar-refractivity contribution in [3.8, 4) is 5.75 Å². The zero-order valence-electron chi connectivity index (χ0n) is 15.9. The Bertz CT molecular complexity index is 889. The molecular formula is C22H24ClNO4. The van der Waals surface area contributed by atoms with Gasteiger partial charge in [0, 0.05) is 29.4 Å². The Hall–Kier alpha value is -2.24. The van der Waals surface area contributed by atoms with Gasteiger partial charge in [-0.25, -0.2) is 4.79 Å². The lowest BCUT2D eigenvalue weighted by Gasteiger charge is -2.40. The summed E-state index contributed by atoms with van der Waals surface area (Å²) in [5, 5.41) is 10.1. The van der Waals surface area contributed by atoms with E-state index in [1.54, 1.807) is 12.1 Å². The molecule has 0 aliphatic carbocycles. The third-order valence-electron chi connectivity index (χ3n) is 5.84. The van der Waals surface area contributed by atoms with Crippen LogP contribution in [0.4, 0.5) is 5.69 Å². The average molecular weight is 402 g/mol. The second kappa shape index (κ2) is 7.64. The van der Waals surface area contributed by atoms with Crippen LogP contribution in [0.15, 0.2) is 36.4 Å². The second-order valence-corrected chi connectivity index (χ2v) is 8.10. The van der Waals surface area contributed by atoms with Crippen molar-refractivity contribution in [3.63, 3.8) is 0 Å². The van der Waals surface area contributed by atoms with Gasteiger partial charge in [0.15, 0.2) is 0 Å². The van der Waals surface area contributed by atoms with Crippen LogP contribution in [0.5, 0.6) is 5.75 Å². The molecule has 4 rings (SSSR count). The van der Waals surface area contributed by atoms with Crippen molar-refractivity contribution >= 4 is 23.3 Å². The fourth-order valence-electron chi connectivity index (χ4n) is 3.89. The molecule has 2 heterocycles. The van der Waals surface area contributed by atoms with E-state index in [4.69, 9.17) is 21.1 Å². The van der Waals surface area contributed by atoms with Gasteiger partial charge in [-0.15, -0.1) is 0 Å². The summed E-state index contributed by atoms with van der Waals surface area (Å²) in [6.45, 7) is 5.67. The Morgan fingerprint density at radius 2 is 2.14 bits per heavy atom. The molecule has 0 atom stereocenters. The van der Waals surface area contributed by atoms with E-state index in [2.05, 4.69) is 11.8 Å². The van der Waals surface area contributed by atoms with E-state index < -0.39 is 5.97 Å². The molecule has 0 spiro atoms. The maximum Gasteiger partial charge on any atom is 0.336 e. The molecule has 0 unspecified atom stereocenters. The molecule has 0 bridgehead atoms. The maximum absolute atomic E-state index is 11.5. The number of carbonyl (C=O) groups is 1.